The van der Waals surface area contributed by atoms with E-state index in [-0.39, 0.29) is 5.60 Å². The normalized spacial score (nSPS) is 28.1. The van der Waals surface area contributed by atoms with Gasteiger partial charge in [0, 0.05) is 16.4 Å². The molecule has 1 aliphatic carbocycles. The molecule has 0 amide bonds. The molecule has 3 heteroatoms. The molecule has 1 N–H and O–H groups in total. The van der Waals surface area contributed by atoms with Gasteiger partial charge in [-0.25, -0.2) is 0 Å². The van der Waals surface area contributed by atoms with Crippen molar-refractivity contribution in [3.63, 3.8) is 0 Å². The lowest BCUT2D eigenvalue weighted by molar-refractivity contribution is -0.113. The number of benzene rings is 1. The van der Waals surface area contributed by atoms with Gasteiger partial charge in [0.1, 0.15) is 5.60 Å². The first kappa shape index (κ1) is 19.4. The van der Waals surface area contributed by atoms with Crippen LogP contribution in [0.1, 0.15) is 70.6 Å². The summed E-state index contributed by atoms with van der Waals surface area (Å²) in [4.78, 5) is 6.20. The number of aromatic nitrogens is 1. The first-order valence-electron chi connectivity index (χ1n) is 10.5. The molecule has 1 saturated carbocycles. The molecule has 2 aliphatic rings. The Labute approximate surface area is 159 Å². The predicted molar refractivity (Wildman–Crippen MR) is 111 cm³/mol. The highest BCUT2D eigenvalue weighted by atomic mass is 16.5. The molecule has 0 atom stereocenters. The van der Waals surface area contributed by atoms with Crippen molar-refractivity contribution in [3.05, 3.63) is 35.5 Å². The summed E-state index contributed by atoms with van der Waals surface area (Å²) in [5.74, 6) is 0. The summed E-state index contributed by atoms with van der Waals surface area (Å²) in [6.45, 7) is 7.17. The van der Waals surface area contributed by atoms with Crippen molar-refractivity contribution in [2.24, 2.45) is 0 Å². The average Bonchev–Trinajstić information content (AvgIpc) is 3.06. The van der Waals surface area contributed by atoms with Crippen molar-refractivity contribution in [1.29, 1.82) is 0 Å². The molecule has 2 aromatic rings. The highest BCUT2D eigenvalue weighted by Crippen LogP contribution is 2.50. The highest BCUT2D eigenvalue weighted by molar-refractivity contribution is 5.85. The van der Waals surface area contributed by atoms with Crippen LogP contribution in [0.4, 0.5) is 0 Å². The zero-order valence-electron chi connectivity index (χ0n) is 17.3. The summed E-state index contributed by atoms with van der Waals surface area (Å²) >= 11 is 0. The largest absolute Gasteiger partial charge is 0.368 e. The molecule has 1 aromatic carbocycles. The Kier molecular flexibility index (Phi) is 5.78. The summed E-state index contributed by atoms with van der Waals surface area (Å²) < 4.78 is 6.46. The number of fused-ring (bicyclic) bond motifs is 4. The lowest BCUT2D eigenvalue weighted by Gasteiger charge is -2.50. The van der Waals surface area contributed by atoms with E-state index in [0.717, 1.165) is 25.9 Å². The maximum atomic E-state index is 6.46. The third-order valence-electron chi connectivity index (χ3n) is 6.65. The fourth-order valence-corrected chi connectivity index (χ4v) is 5.17. The molecule has 3 nitrogen and oxygen atoms in total. The van der Waals surface area contributed by atoms with Crippen LogP contribution in [-0.4, -0.2) is 36.1 Å². The van der Waals surface area contributed by atoms with Gasteiger partial charge in [-0.3, -0.25) is 0 Å². The molecule has 26 heavy (non-hydrogen) atoms. The molecule has 144 valence electrons. The first-order chi connectivity index (χ1) is 12.6. The van der Waals surface area contributed by atoms with Crippen molar-refractivity contribution in [2.75, 3.05) is 20.7 Å². The lowest BCUT2D eigenvalue weighted by Crippen LogP contribution is -2.51. The van der Waals surface area contributed by atoms with Gasteiger partial charge in [-0.05, 0) is 64.3 Å². The second-order valence-corrected chi connectivity index (χ2v) is 7.99. The molecule has 1 fully saturated rings. The minimum Gasteiger partial charge on any atom is -0.368 e. The van der Waals surface area contributed by atoms with Crippen molar-refractivity contribution in [2.45, 2.75) is 76.9 Å². The van der Waals surface area contributed by atoms with Gasteiger partial charge in [-0.15, -0.1) is 0 Å². The van der Waals surface area contributed by atoms with Gasteiger partial charge in [-0.2, -0.15) is 0 Å². The van der Waals surface area contributed by atoms with Crippen LogP contribution in [-0.2, 0) is 16.8 Å². The molecule has 4 rings (SSSR count). The van der Waals surface area contributed by atoms with E-state index in [4.69, 9.17) is 4.74 Å². The Morgan fingerprint density at radius 2 is 1.77 bits per heavy atom. The van der Waals surface area contributed by atoms with E-state index in [1.54, 1.807) is 0 Å². The van der Waals surface area contributed by atoms with E-state index in [1.807, 2.05) is 13.8 Å². The quantitative estimate of drug-likeness (QED) is 0.771. The van der Waals surface area contributed by atoms with Gasteiger partial charge in [0.2, 0.25) is 0 Å². The summed E-state index contributed by atoms with van der Waals surface area (Å²) in [7, 11) is 4.51. The molecule has 0 saturated heterocycles. The number of nitrogens with zero attached hydrogens (tertiary/aromatic N) is 1. The van der Waals surface area contributed by atoms with E-state index >= 15 is 0 Å². The van der Waals surface area contributed by atoms with Crippen LogP contribution in [0.15, 0.2) is 24.3 Å². The van der Waals surface area contributed by atoms with E-state index in [9.17, 15) is 0 Å². The van der Waals surface area contributed by atoms with Gasteiger partial charge < -0.3 is 14.6 Å². The molecule has 1 spiro atoms. The van der Waals surface area contributed by atoms with Crippen LogP contribution in [0.2, 0.25) is 0 Å². The minimum absolute atomic E-state index is 0.0835. The van der Waals surface area contributed by atoms with Crippen LogP contribution < -0.4 is 0 Å². The fraction of sp³-hybridized carbons (Fsp3) is 0.652. The van der Waals surface area contributed by atoms with Gasteiger partial charge in [0.25, 0.3) is 0 Å². The lowest BCUT2D eigenvalue weighted by atomic mass is 9.69. The molecule has 1 aromatic heterocycles. The fourth-order valence-electron chi connectivity index (χ4n) is 5.17. The number of hydrogen-bond donors (Lipinski definition) is 1. The van der Waals surface area contributed by atoms with Crippen molar-refractivity contribution in [3.8, 4) is 0 Å². The molecular weight excluding hydrogens is 320 g/mol. The van der Waals surface area contributed by atoms with E-state index in [0.29, 0.717) is 5.54 Å². The van der Waals surface area contributed by atoms with Crippen LogP contribution in [0.5, 0.6) is 0 Å². The van der Waals surface area contributed by atoms with E-state index in [1.165, 1.54) is 47.8 Å². The summed E-state index contributed by atoms with van der Waals surface area (Å²) in [5, 5.41) is 1.40. The minimum atomic E-state index is -0.0835. The van der Waals surface area contributed by atoms with Crippen molar-refractivity contribution < 1.29 is 4.74 Å². The Balaban J connectivity index is 0.000000948. The van der Waals surface area contributed by atoms with Gasteiger partial charge in [0.15, 0.2) is 0 Å². The third kappa shape index (κ3) is 3.10. The van der Waals surface area contributed by atoms with Gasteiger partial charge >= 0.3 is 0 Å². The van der Waals surface area contributed by atoms with Gasteiger partial charge in [-0.1, -0.05) is 45.4 Å². The summed E-state index contributed by atoms with van der Waals surface area (Å²) in [6, 6.07) is 8.73. The van der Waals surface area contributed by atoms with Crippen molar-refractivity contribution in [1.82, 2.24) is 9.88 Å². The zero-order chi connectivity index (χ0) is 18.8. The number of aromatic amines is 1. The zero-order valence-corrected chi connectivity index (χ0v) is 17.3. The average molecular weight is 357 g/mol. The standard InChI is InChI=1S/C21H30N2O.C2H6/c1-4-10-20(23(2)3)11-13-21(14-12-20)19-17(9-15-24-21)16-7-5-6-8-18(16)22-19;1-2/h5-8,22H,4,9-15H2,1-3H3;1-2H3. The number of ether oxygens (including phenoxy) is 1. The maximum Gasteiger partial charge on any atom is 0.108 e. The highest BCUT2D eigenvalue weighted by Gasteiger charge is 2.48. The number of rotatable bonds is 3. The number of hydrogen-bond acceptors (Lipinski definition) is 2. The number of H-pyrrole nitrogens is 1. The molecular formula is C23H36N2O. The molecule has 0 radical (unpaired) electrons. The Morgan fingerprint density at radius 1 is 1.08 bits per heavy atom. The monoisotopic (exact) mass is 356 g/mol. The van der Waals surface area contributed by atoms with E-state index < -0.39 is 0 Å². The summed E-state index contributed by atoms with van der Waals surface area (Å²) in [6.07, 6.45) is 8.29. The molecule has 0 bridgehead atoms. The molecule has 1 aliphatic heterocycles. The number of nitrogens with one attached hydrogen (secondary N) is 1. The maximum absolute atomic E-state index is 6.46. The summed E-state index contributed by atoms with van der Waals surface area (Å²) in [5.41, 5.74) is 4.42. The van der Waals surface area contributed by atoms with E-state index in [2.05, 4.69) is 55.2 Å². The van der Waals surface area contributed by atoms with Crippen LogP contribution in [0, 0.1) is 0 Å². The molecule has 0 unspecified atom stereocenters. The Morgan fingerprint density at radius 3 is 2.42 bits per heavy atom. The van der Waals surface area contributed by atoms with Crippen LogP contribution in [0.25, 0.3) is 10.9 Å². The predicted octanol–water partition coefficient (Wildman–Crippen LogP) is 5.64. The SMILES string of the molecule is CC.CCCC1(N(C)C)CCC2(CC1)OCCc1c2[nH]c2ccccc12. The smallest absolute Gasteiger partial charge is 0.108 e. The number of para-hydroxylation sites is 1. The Bertz CT molecular complexity index is 723. The first-order valence-corrected chi connectivity index (χ1v) is 10.5. The second kappa shape index (κ2) is 7.74. The van der Waals surface area contributed by atoms with Gasteiger partial charge in [0.05, 0.1) is 12.3 Å². The Hall–Kier alpha value is -1.32. The topological polar surface area (TPSA) is 28.3 Å². The molecule has 2 heterocycles. The van der Waals surface area contributed by atoms with Crippen LogP contribution >= 0.6 is 0 Å². The van der Waals surface area contributed by atoms with Crippen LogP contribution in [0.3, 0.4) is 0 Å². The third-order valence-corrected chi connectivity index (χ3v) is 6.65. The second-order valence-electron chi connectivity index (χ2n) is 7.99. The van der Waals surface area contributed by atoms with Crippen molar-refractivity contribution >= 4 is 10.9 Å².